The molecule has 2 rings (SSSR count). The van der Waals surface area contributed by atoms with Crippen LogP contribution in [-0.2, 0) is 11.2 Å². The molecule has 0 aliphatic carbocycles. The molecule has 0 aliphatic rings. The Morgan fingerprint density at radius 1 is 1.11 bits per heavy atom. The maximum absolute atomic E-state index is 10.8. The molecule has 2 aromatic carbocycles. The SMILES string of the molecule is O=C(O)Cc1ccc(-c2ccccc2)cc1SCCl. The zero-order valence-corrected chi connectivity index (χ0v) is 11.7. The van der Waals surface area contributed by atoms with Gasteiger partial charge in [0, 0.05) is 4.90 Å². The lowest BCUT2D eigenvalue weighted by Crippen LogP contribution is -2.01. The summed E-state index contributed by atoms with van der Waals surface area (Å²) in [4.78, 5) is 11.8. The van der Waals surface area contributed by atoms with Gasteiger partial charge in [-0.05, 0) is 22.8 Å². The Balaban J connectivity index is 2.38. The molecule has 0 unspecified atom stereocenters. The summed E-state index contributed by atoms with van der Waals surface area (Å²) in [5.74, 6) is -0.830. The summed E-state index contributed by atoms with van der Waals surface area (Å²) < 4.78 is 0. The lowest BCUT2D eigenvalue weighted by molar-refractivity contribution is -0.136. The summed E-state index contributed by atoms with van der Waals surface area (Å²) in [6, 6.07) is 15.8. The van der Waals surface area contributed by atoms with Gasteiger partial charge in [-0.3, -0.25) is 4.79 Å². The van der Waals surface area contributed by atoms with E-state index in [1.165, 1.54) is 11.8 Å². The number of halogens is 1. The highest BCUT2D eigenvalue weighted by Crippen LogP contribution is 2.30. The summed E-state index contributed by atoms with van der Waals surface area (Å²) in [5, 5.41) is 9.31. The van der Waals surface area contributed by atoms with Gasteiger partial charge in [0.15, 0.2) is 0 Å². The first-order valence-corrected chi connectivity index (χ1v) is 7.31. The second-order valence-corrected chi connectivity index (χ2v) is 5.61. The van der Waals surface area contributed by atoms with E-state index < -0.39 is 5.97 Å². The van der Waals surface area contributed by atoms with E-state index in [0.717, 1.165) is 21.6 Å². The highest BCUT2D eigenvalue weighted by atomic mass is 35.5. The van der Waals surface area contributed by atoms with Gasteiger partial charge in [-0.1, -0.05) is 42.5 Å². The lowest BCUT2D eigenvalue weighted by Gasteiger charge is -2.09. The number of carbonyl (C=O) groups is 1. The molecule has 0 amide bonds. The number of aliphatic carboxylic acids is 1. The minimum atomic E-state index is -0.830. The van der Waals surface area contributed by atoms with E-state index in [-0.39, 0.29) is 6.42 Å². The Labute approximate surface area is 121 Å². The van der Waals surface area contributed by atoms with Crippen LogP contribution in [0.5, 0.6) is 0 Å². The molecule has 4 heteroatoms. The Morgan fingerprint density at radius 3 is 2.47 bits per heavy atom. The van der Waals surface area contributed by atoms with Gasteiger partial charge in [0.1, 0.15) is 0 Å². The van der Waals surface area contributed by atoms with Gasteiger partial charge in [-0.15, -0.1) is 23.4 Å². The van der Waals surface area contributed by atoms with Gasteiger partial charge in [0.05, 0.1) is 11.6 Å². The van der Waals surface area contributed by atoms with Crippen LogP contribution < -0.4 is 0 Å². The third-order valence-corrected chi connectivity index (χ3v) is 3.85. The maximum atomic E-state index is 10.8. The predicted molar refractivity (Wildman–Crippen MR) is 79.8 cm³/mol. The van der Waals surface area contributed by atoms with Crippen LogP contribution in [0, 0.1) is 0 Å². The molecule has 0 bridgehead atoms. The van der Waals surface area contributed by atoms with Crippen LogP contribution in [0.25, 0.3) is 11.1 Å². The summed E-state index contributed by atoms with van der Waals surface area (Å²) in [6.07, 6.45) is 0.0221. The molecule has 0 heterocycles. The van der Waals surface area contributed by atoms with Crippen molar-refractivity contribution in [3.8, 4) is 11.1 Å². The topological polar surface area (TPSA) is 37.3 Å². The molecule has 2 nitrogen and oxygen atoms in total. The minimum Gasteiger partial charge on any atom is -0.481 e. The zero-order chi connectivity index (χ0) is 13.7. The molecule has 1 N–H and O–H groups in total. The van der Waals surface area contributed by atoms with Gasteiger partial charge in [-0.25, -0.2) is 0 Å². The van der Waals surface area contributed by atoms with Crippen molar-refractivity contribution in [2.75, 3.05) is 5.21 Å². The molecule has 0 aromatic heterocycles. The second kappa shape index (κ2) is 6.64. The van der Waals surface area contributed by atoms with E-state index in [1.807, 2.05) is 48.5 Å². The van der Waals surface area contributed by atoms with Crippen LogP contribution in [0.15, 0.2) is 53.4 Å². The smallest absolute Gasteiger partial charge is 0.307 e. The van der Waals surface area contributed by atoms with E-state index in [4.69, 9.17) is 16.7 Å². The van der Waals surface area contributed by atoms with Crippen molar-refractivity contribution in [2.45, 2.75) is 11.3 Å². The molecule has 98 valence electrons. The van der Waals surface area contributed by atoms with Crippen LogP contribution in [0.3, 0.4) is 0 Å². The first kappa shape index (κ1) is 14.0. The van der Waals surface area contributed by atoms with E-state index in [9.17, 15) is 4.79 Å². The van der Waals surface area contributed by atoms with Gasteiger partial charge in [0.2, 0.25) is 0 Å². The quantitative estimate of drug-likeness (QED) is 0.660. The number of carboxylic acids is 1. The number of alkyl halides is 1. The van der Waals surface area contributed by atoms with Gasteiger partial charge in [-0.2, -0.15) is 0 Å². The zero-order valence-electron chi connectivity index (χ0n) is 10.2. The summed E-state index contributed by atoms with van der Waals surface area (Å²) in [7, 11) is 0. The first-order valence-electron chi connectivity index (χ1n) is 5.79. The molecule has 0 saturated carbocycles. The molecule has 0 spiro atoms. The van der Waals surface area contributed by atoms with Crippen LogP contribution in [0.4, 0.5) is 0 Å². The van der Waals surface area contributed by atoms with Crippen molar-refractivity contribution in [1.82, 2.24) is 0 Å². The average molecular weight is 293 g/mol. The fourth-order valence-corrected chi connectivity index (χ4v) is 2.87. The molecule has 0 radical (unpaired) electrons. The van der Waals surface area contributed by atoms with Crippen molar-refractivity contribution in [1.29, 1.82) is 0 Å². The van der Waals surface area contributed by atoms with Crippen LogP contribution >= 0.6 is 23.4 Å². The highest BCUT2D eigenvalue weighted by molar-refractivity contribution is 8.00. The van der Waals surface area contributed by atoms with Crippen LogP contribution in [0.1, 0.15) is 5.56 Å². The van der Waals surface area contributed by atoms with Gasteiger partial charge in [0.25, 0.3) is 0 Å². The van der Waals surface area contributed by atoms with E-state index in [1.54, 1.807) is 0 Å². The number of carboxylic acid groups (broad SMARTS) is 1. The summed E-state index contributed by atoms with van der Waals surface area (Å²) >= 11 is 7.21. The Morgan fingerprint density at radius 2 is 1.84 bits per heavy atom. The molecular formula is C15H13ClO2S. The van der Waals surface area contributed by atoms with Gasteiger partial charge >= 0.3 is 5.97 Å². The van der Waals surface area contributed by atoms with Crippen molar-refractivity contribution < 1.29 is 9.90 Å². The molecule has 0 saturated heterocycles. The molecule has 0 fully saturated rings. The normalized spacial score (nSPS) is 10.4. The van der Waals surface area contributed by atoms with Crippen molar-refractivity contribution in [2.24, 2.45) is 0 Å². The number of rotatable bonds is 5. The lowest BCUT2D eigenvalue weighted by atomic mass is 10.0. The van der Waals surface area contributed by atoms with Crippen molar-refractivity contribution in [3.63, 3.8) is 0 Å². The van der Waals surface area contributed by atoms with Crippen molar-refractivity contribution >= 4 is 29.3 Å². The monoisotopic (exact) mass is 292 g/mol. The highest BCUT2D eigenvalue weighted by Gasteiger charge is 2.09. The second-order valence-electron chi connectivity index (χ2n) is 4.01. The first-order chi connectivity index (χ1) is 9.20. The average Bonchev–Trinajstić information content (AvgIpc) is 2.41. The number of hydrogen-bond acceptors (Lipinski definition) is 2. The predicted octanol–water partition coefficient (Wildman–Crippen LogP) is 4.27. The maximum Gasteiger partial charge on any atom is 0.307 e. The molecule has 0 aliphatic heterocycles. The number of benzene rings is 2. The third kappa shape index (κ3) is 3.75. The minimum absolute atomic E-state index is 0.0221. The standard InChI is InChI=1S/C15H13ClO2S/c16-10-19-14-8-12(11-4-2-1-3-5-11)6-7-13(14)9-15(17)18/h1-8H,9-10H2,(H,17,18). The Bertz CT molecular complexity index is 570. The summed E-state index contributed by atoms with van der Waals surface area (Å²) in [5.41, 5.74) is 2.99. The molecular weight excluding hydrogens is 280 g/mol. The van der Waals surface area contributed by atoms with E-state index in [0.29, 0.717) is 5.21 Å². The number of thioether (sulfide) groups is 1. The van der Waals surface area contributed by atoms with Crippen molar-refractivity contribution in [3.05, 3.63) is 54.1 Å². The molecule has 19 heavy (non-hydrogen) atoms. The van der Waals surface area contributed by atoms with E-state index in [2.05, 4.69) is 0 Å². The fourth-order valence-electron chi connectivity index (χ4n) is 1.87. The molecule has 2 aromatic rings. The van der Waals surface area contributed by atoms with Gasteiger partial charge < -0.3 is 5.11 Å². The van der Waals surface area contributed by atoms with Crippen LogP contribution in [0.2, 0.25) is 0 Å². The Kier molecular flexibility index (Phi) is 4.88. The molecule has 0 atom stereocenters. The fraction of sp³-hybridized carbons (Fsp3) is 0.133. The van der Waals surface area contributed by atoms with E-state index >= 15 is 0 Å². The largest absolute Gasteiger partial charge is 0.481 e. The Hall–Kier alpha value is -1.45. The summed E-state index contributed by atoms with van der Waals surface area (Å²) in [6.45, 7) is 0. The van der Waals surface area contributed by atoms with Crippen LogP contribution in [-0.4, -0.2) is 16.3 Å². The number of hydrogen-bond donors (Lipinski definition) is 1. The third-order valence-electron chi connectivity index (χ3n) is 2.73.